The highest BCUT2D eigenvalue weighted by atomic mass is 14.3. The molecule has 7 rings (SSSR count). The van der Waals surface area contributed by atoms with Crippen LogP contribution in [-0.2, 0) is 0 Å². The summed E-state index contributed by atoms with van der Waals surface area (Å²) in [6.45, 7) is 0. The summed E-state index contributed by atoms with van der Waals surface area (Å²) < 4.78 is 0. The molecule has 0 aliphatic carbocycles. The van der Waals surface area contributed by atoms with E-state index in [0.29, 0.717) is 21.9 Å². The lowest BCUT2D eigenvalue weighted by Gasteiger charge is -2.32. The van der Waals surface area contributed by atoms with Gasteiger partial charge in [0.2, 0.25) is 0 Å². The highest BCUT2D eigenvalue weighted by Crippen LogP contribution is 2.40. The molecular weight excluding hydrogens is 616 g/mol. The van der Waals surface area contributed by atoms with Crippen LogP contribution in [0.25, 0.3) is 65.7 Å². The van der Waals surface area contributed by atoms with Gasteiger partial charge in [0.05, 0.1) is 0 Å². The first-order valence-corrected chi connectivity index (χ1v) is 16.0. The molecule has 0 nitrogen and oxygen atoms in total. The fourth-order valence-corrected chi connectivity index (χ4v) is 7.32. The Kier molecular flexibility index (Phi) is 9.48. The lowest BCUT2D eigenvalue weighted by Crippen LogP contribution is -2.57. The van der Waals surface area contributed by atoms with E-state index < -0.39 is 0 Å². The summed E-state index contributed by atoms with van der Waals surface area (Å²) in [6, 6.07) is 13.6. The molecule has 0 unspecified atom stereocenters. The van der Waals surface area contributed by atoms with Crippen LogP contribution in [0.15, 0.2) is 42.5 Å². The van der Waals surface area contributed by atoms with Gasteiger partial charge in [0, 0.05) is 0 Å². The molecule has 17 heteroatoms. The van der Waals surface area contributed by atoms with Crippen LogP contribution in [0.4, 0.5) is 0 Å². The monoisotopic (exact) mass is 626 g/mol. The normalized spacial score (nSPS) is 11.5. The van der Waals surface area contributed by atoms with E-state index in [9.17, 15) is 0 Å². The van der Waals surface area contributed by atoms with Crippen molar-refractivity contribution >= 4 is 259 Å². The Morgan fingerprint density at radius 2 is 0.509 bits per heavy atom. The largest absolute Gasteiger partial charge is 0.113 e. The molecular formula is C36H7B17. The molecule has 0 fully saturated rings. The molecule has 0 heterocycles. The smallest absolute Gasteiger partial charge is 0.112 e. The SMILES string of the molecule is [B]c1c([B])c([B])c(-c2c([B])c([B])c(-c3c4c([B])c([B])c([B])c([B])c4c(-c4ccc5ccccc5c4)c4c([B])c([B])c([B])c([B])c34)c([B])c2[B])c([B])c1[B]. The van der Waals surface area contributed by atoms with Gasteiger partial charge in [-0.05, 0) is 71.8 Å². The van der Waals surface area contributed by atoms with E-state index in [2.05, 4.69) is 0 Å². The van der Waals surface area contributed by atoms with Crippen LogP contribution in [-0.4, -0.2) is 133 Å². The van der Waals surface area contributed by atoms with Crippen molar-refractivity contribution in [2.45, 2.75) is 0 Å². The number of rotatable bonds is 3. The standard InChI is InChI=1S/C36H7B17/c37-20-13-11(10-6-5-8-3-1-2-4-9(8)7-10)14-16(23(40)33(50)31(48)21(14)38)12(15(13)22(39)32(49)30(20)47)17-24(41)26(43)18(27(44)25(17)42)19-28(45)34(51)36(53)35(52)29(19)46/h1-7H. The molecule has 202 valence electrons. The summed E-state index contributed by atoms with van der Waals surface area (Å²) in [6.07, 6.45) is 0. The van der Waals surface area contributed by atoms with Crippen molar-refractivity contribution in [3.8, 4) is 33.4 Å². The van der Waals surface area contributed by atoms with Gasteiger partial charge >= 0.3 is 0 Å². The number of hydrogen-bond acceptors (Lipinski definition) is 0. The molecule has 0 spiro atoms. The predicted octanol–water partition coefficient (Wildman–Crippen LogP) is -10.4. The molecule has 0 bridgehead atoms. The summed E-state index contributed by atoms with van der Waals surface area (Å²) in [4.78, 5) is 0. The van der Waals surface area contributed by atoms with Crippen LogP contribution in [0.2, 0.25) is 0 Å². The molecule has 0 N–H and O–H groups in total. The minimum Gasteiger partial charge on any atom is -0.112 e. The first kappa shape index (κ1) is 37.7. The Morgan fingerprint density at radius 3 is 0.906 bits per heavy atom. The molecule has 0 amide bonds. The van der Waals surface area contributed by atoms with Crippen LogP contribution in [0.3, 0.4) is 0 Å². The average molecular weight is 623 g/mol. The minimum absolute atomic E-state index is 0.0156. The van der Waals surface area contributed by atoms with Gasteiger partial charge in [-0.2, -0.15) is 0 Å². The Labute approximate surface area is 332 Å². The zero-order chi connectivity index (χ0) is 38.7. The highest BCUT2D eigenvalue weighted by molar-refractivity contribution is 6.74. The Morgan fingerprint density at radius 1 is 0.226 bits per heavy atom. The van der Waals surface area contributed by atoms with E-state index in [0.717, 1.165) is 10.8 Å². The first-order valence-electron chi connectivity index (χ1n) is 16.0. The van der Waals surface area contributed by atoms with Crippen LogP contribution in [0.1, 0.15) is 0 Å². The van der Waals surface area contributed by atoms with Gasteiger partial charge < -0.3 is 0 Å². The van der Waals surface area contributed by atoms with E-state index in [1.807, 2.05) is 42.5 Å². The molecule has 34 radical (unpaired) electrons. The van der Waals surface area contributed by atoms with Crippen LogP contribution < -0.4 is 92.9 Å². The third kappa shape index (κ3) is 5.29. The van der Waals surface area contributed by atoms with E-state index in [4.69, 9.17) is 133 Å². The molecule has 7 aromatic carbocycles. The summed E-state index contributed by atoms with van der Waals surface area (Å²) >= 11 is 0. The lowest BCUT2D eigenvalue weighted by molar-refractivity contribution is 1.73. The molecule has 53 heavy (non-hydrogen) atoms. The number of hydrogen-bond donors (Lipinski definition) is 0. The van der Waals surface area contributed by atoms with E-state index in [-0.39, 0.29) is 126 Å². The quantitative estimate of drug-likeness (QED) is 0.136. The average Bonchev–Trinajstić information content (AvgIpc) is 3.15. The second kappa shape index (κ2) is 13.3. The van der Waals surface area contributed by atoms with Crippen LogP contribution >= 0.6 is 0 Å². The van der Waals surface area contributed by atoms with Gasteiger partial charge in [-0.1, -0.05) is 91.0 Å². The maximum atomic E-state index is 6.95. The van der Waals surface area contributed by atoms with Crippen molar-refractivity contribution in [3.05, 3.63) is 42.5 Å². The summed E-state index contributed by atoms with van der Waals surface area (Å²) in [5.74, 6) is 0. The van der Waals surface area contributed by atoms with Crippen molar-refractivity contribution in [3.63, 3.8) is 0 Å². The van der Waals surface area contributed by atoms with Crippen LogP contribution in [0.5, 0.6) is 0 Å². The molecule has 7 aromatic rings. The van der Waals surface area contributed by atoms with E-state index >= 15 is 0 Å². The second-order valence-electron chi connectivity index (χ2n) is 13.0. The topological polar surface area (TPSA) is 0 Å². The molecule has 0 aromatic heterocycles. The molecule has 0 atom stereocenters. The minimum atomic E-state index is -0.0986. The molecule has 0 aliphatic rings. The van der Waals surface area contributed by atoms with Gasteiger partial charge in [-0.25, -0.2) is 0 Å². The van der Waals surface area contributed by atoms with Gasteiger partial charge in [-0.3, -0.25) is 0 Å². The van der Waals surface area contributed by atoms with Crippen molar-refractivity contribution in [1.29, 1.82) is 0 Å². The van der Waals surface area contributed by atoms with Crippen molar-refractivity contribution in [1.82, 2.24) is 0 Å². The zero-order valence-corrected chi connectivity index (χ0v) is 28.4. The van der Waals surface area contributed by atoms with E-state index in [1.165, 1.54) is 0 Å². The number of benzene rings is 7. The summed E-state index contributed by atoms with van der Waals surface area (Å²) in [5.41, 5.74) is 1.21. The van der Waals surface area contributed by atoms with Crippen molar-refractivity contribution < 1.29 is 0 Å². The zero-order valence-electron chi connectivity index (χ0n) is 28.4. The van der Waals surface area contributed by atoms with Crippen LogP contribution in [0, 0.1) is 0 Å². The number of fused-ring (bicyclic) bond motifs is 3. The Hall–Kier alpha value is -3.58. The van der Waals surface area contributed by atoms with Gasteiger partial charge in [0.1, 0.15) is 133 Å². The summed E-state index contributed by atoms with van der Waals surface area (Å²) in [5, 5.41) is 3.08. The third-order valence-corrected chi connectivity index (χ3v) is 10.2. The van der Waals surface area contributed by atoms with Gasteiger partial charge in [0.15, 0.2) is 0 Å². The maximum Gasteiger partial charge on any atom is 0.113 e. The molecule has 0 aliphatic heterocycles. The summed E-state index contributed by atoms with van der Waals surface area (Å²) in [7, 11) is 112. The highest BCUT2D eigenvalue weighted by Gasteiger charge is 2.28. The Bertz CT molecular complexity index is 2670. The second-order valence-corrected chi connectivity index (χ2v) is 13.0. The van der Waals surface area contributed by atoms with Crippen molar-refractivity contribution in [2.75, 3.05) is 0 Å². The fraction of sp³-hybridized carbons (Fsp3) is 0. The third-order valence-electron chi connectivity index (χ3n) is 10.2. The first-order chi connectivity index (χ1) is 24.9. The molecule has 0 saturated heterocycles. The fourth-order valence-electron chi connectivity index (χ4n) is 7.32. The van der Waals surface area contributed by atoms with Gasteiger partial charge in [0.25, 0.3) is 0 Å². The van der Waals surface area contributed by atoms with Crippen molar-refractivity contribution in [2.24, 2.45) is 0 Å². The molecule has 0 saturated carbocycles. The van der Waals surface area contributed by atoms with Gasteiger partial charge in [-0.15, -0.1) is 38.2 Å². The van der Waals surface area contributed by atoms with E-state index in [1.54, 1.807) is 0 Å². The maximum absolute atomic E-state index is 6.95. The Balaban J connectivity index is 1.78. The predicted molar refractivity (Wildman–Crippen MR) is 247 cm³/mol. The lowest BCUT2D eigenvalue weighted by atomic mass is 9.55.